The molecule has 8 nitrogen and oxygen atoms in total. The van der Waals surface area contributed by atoms with Gasteiger partial charge in [0, 0.05) is 6.54 Å². The van der Waals surface area contributed by atoms with Gasteiger partial charge in [-0.05, 0) is 42.2 Å². The molecule has 1 aromatic heterocycles. The van der Waals surface area contributed by atoms with Crippen molar-refractivity contribution in [3.63, 3.8) is 0 Å². The number of nitrogens with zero attached hydrogens (tertiary/aromatic N) is 1. The Labute approximate surface area is 179 Å². The summed E-state index contributed by atoms with van der Waals surface area (Å²) in [6.07, 6.45) is 0.942. The summed E-state index contributed by atoms with van der Waals surface area (Å²) in [6, 6.07) is 12.0. The summed E-state index contributed by atoms with van der Waals surface area (Å²) in [4.78, 5) is 37.0. The van der Waals surface area contributed by atoms with Gasteiger partial charge in [-0.15, -0.1) is 0 Å². The molecule has 0 spiro atoms. The summed E-state index contributed by atoms with van der Waals surface area (Å²) in [5, 5.41) is 5.78. The van der Waals surface area contributed by atoms with Gasteiger partial charge >= 0.3 is 0 Å². The average Bonchev–Trinajstić information content (AvgIpc) is 2.76. The van der Waals surface area contributed by atoms with E-state index in [0.717, 1.165) is 16.7 Å². The van der Waals surface area contributed by atoms with Gasteiger partial charge in [0.1, 0.15) is 6.54 Å². The number of methoxy groups -OCH3 is 1. The number of rotatable bonds is 9. The number of carbonyl (C=O) groups excluding carboxylic acids is 1. The lowest BCUT2D eigenvalue weighted by molar-refractivity contribution is -0.122. The molecule has 0 unspecified atom stereocenters. The van der Waals surface area contributed by atoms with Crippen LogP contribution in [0.25, 0.3) is 10.8 Å². The summed E-state index contributed by atoms with van der Waals surface area (Å²) >= 11 is 0. The Morgan fingerprint density at radius 3 is 2.55 bits per heavy atom. The number of fused-ring (bicyclic) bond motifs is 1. The number of hydrogen-bond donors (Lipinski definition) is 2. The van der Waals surface area contributed by atoms with Crippen LogP contribution in [0.5, 0.6) is 11.5 Å². The standard InChI is InChI=1S/C23H27N3O5/c1-15(2)10-11-31-19-9-8-16(12-20(19)30-3)13-24-21(27)14-26-23(29)18-7-5-4-6-17(18)22(28)25-26/h4-9,12,15H,10-11,13-14H2,1-3H3,(H,24,27)(H,25,28). The van der Waals surface area contributed by atoms with E-state index >= 15 is 0 Å². The van der Waals surface area contributed by atoms with E-state index in [1.165, 1.54) is 0 Å². The third-order valence-electron chi connectivity index (χ3n) is 4.86. The lowest BCUT2D eigenvalue weighted by Gasteiger charge is -2.13. The number of benzene rings is 2. The van der Waals surface area contributed by atoms with E-state index in [1.807, 2.05) is 12.1 Å². The van der Waals surface area contributed by atoms with Crippen molar-refractivity contribution in [2.75, 3.05) is 13.7 Å². The molecule has 2 aromatic carbocycles. The summed E-state index contributed by atoms with van der Waals surface area (Å²) < 4.78 is 12.2. The van der Waals surface area contributed by atoms with Crippen LogP contribution in [-0.2, 0) is 17.9 Å². The molecule has 0 radical (unpaired) electrons. The number of H-pyrrole nitrogens is 1. The van der Waals surface area contributed by atoms with Gasteiger partial charge in [-0.3, -0.25) is 19.5 Å². The number of nitrogens with one attached hydrogen (secondary N) is 2. The van der Waals surface area contributed by atoms with Gasteiger partial charge in [0.15, 0.2) is 11.5 Å². The molecule has 0 atom stereocenters. The highest BCUT2D eigenvalue weighted by molar-refractivity contribution is 5.81. The number of amides is 1. The Kier molecular flexibility index (Phi) is 7.12. The van der Waals surface area contributed by atoms with Crippen LogP contribution in [0.2, 0.25) is 0 Å². The Bertz CT molecular complexity index is 1180. The normalized spacial score (nSPS) is 11.0. The van der Waals surface area contributed by atoms with Gasteiger partial charge in [-0.25, -0.2) is 4.68 Å². The van der Waals surface area contributed by atoms with Crippen LogP contribution in [0, 0.1) is 5.92 Å². The van der Waals surface area contributed by atoms with E-state index in [9.17, 15) is 14.4 Å². The monoisotopic (exact) mass is 425 g/mol. The second kappa shape index (κ2) is 9.97. The minimum absolute atomic E-state index is 0.244. The Hall–Kier alpha value is -3.55. The smallest absolute Gasteiger partial charge is 0.273 e. The van der Waals surface area contributed by atoms with Gasteiger partial charge in [-0.2, -0.15) is 0 Å². The van der Waals surface area contributed by atoms with E-state index in [-0.39, 0.29) is 18.5 Å². The molecular weight excluding hydrogens is 398 g/mol. The van der Waals surface area contributed by atoms with Gasteiger partial charge in [0.05, 0.1) is 24.5 Å². The molecule has 0 aliphatic heterocycles. The molecular formula is C23H27N3O5. The molecule has 3 rings (SSSR count). The second-order valence-corrected chi connectivity index (χ2v) is 7.67. The van der Waals surface area contributed by atoms with Gasteiger partial charge in [0.25, 0.3) is 11.1 Å². The molecule has 3 aromatic rings. The average molecular weight is 425 g/mol. The summed E-state index contributed by atoms with van der Waals surface area (Å²) in [5.41, 5.74) is -0.0172. The molecule has 0 saturated heterocycles. The summed E-state index contributed by atoms with van der Waals surface area (Å²) in [5.74, 6) is 1.39. The van der Waals surface area contributed by atoms with Crippen molar-refractivity contribution in [3.05, 3.63) is 68.7 Å². The van der Waals surface area contributed by atoms with E-state index in [2.05, 4.69) is 24.3 Å². The number of aromatic nitrogens is 2. The maximum absolute atomic E-state index is 12.5. The number of ether oxygens (including phenoxy) is 2. The molecule has 8 heteroatoms. The van der Waals surface area contributed by atoms with Gasteiger partial charge < -0.3 is 14.8 Å². The van der Waals surface area contributed by atoms with Crippen LogP contribution in [0.15, 0.2) is 52.1 Å². The van der Waals surface area contributed by atoms with Crippen molar-refractivity contribution < 1.29 is 14.3 Å². The lowest BCUT2D eigenvalue weighted by Crippen LogP contribution is -2.36. The highest BCUT2D eigenvalue weighted by Gasteiger charge is 2.11. The van der Waals surface area contributed by atoms with Crippen LogP contribution in [0.1, 0.15) is 25.8 Å². The zero-order valence-corrected chi connectivity index (χ0v) is 17.9. The molecule has 0 aliphatic carbocycles. The van der Waals surface area contributed by atoms with E-state index < -0.39 is 17.0 Å². The molecule has 0 bridgehead atoms. The second-order valence-electron chi connectivity index (χ2n) is 7.67. The summed E-state index contributed by atoms with van der Waals surface area (Å²) in [6.45, 7) is 4.82. The van der Waals surface area contributed by atoms with E-state index in [4.69, 9.17) is 9.47 Å². The number of carbonyl (C=O) groups is 1. The highest BCUT2D eigenvalue weighted by Crippen LogP contribution is 2.28. The Morgan fingerprint density at radius 1 is 1.10 bits per heavy atom. The summed E-state index contributed by atoms with van der Waals surface area (Å²) in [7, 11) is 1.56. The molecule has 0 aliphatic rings. The molecule has 0 saturated carbocycles. The molecule has 2 N–H and O–H groups in total. The molecule has 164 valence electrons. The number of hydrogen-bond acceptors (Lipinski definition) is 5. The van der Waals surface area contributed by atoms with Crippen molar-refractivity contribution in [2.45, 2.75) is 33.4 Å². The first kappa shape index (κ1) is 22.1. The fourth-order valence-corrected chi connectivity index (χ4v) is 3.10. The predicted octanol–water partition coefficient (Wildman–Crippen LogP) is 2.44. The predicted molar refractivity (Wildman–Crippen MR) is 119 cm³/mol. The van der Waals surface area contributed by atoms with Crippen LogP contribution in [0.3, 0.4) is 0 Å². The van der Waals surface area contributed by atoms with Crippen LogP contribution < -0.4 is 25.9 Å². The fourth-order valence-electron chi connectivity index (χ4n) is 3.10. The molecule has 1 amide bonds. The largest absolute Gasteiger partial charge is 0.493 e. The van der Waals surface area contributed by atoms with Crippen LogP contribution >= 0.6 is 0 Å². The highest BCUT2D eigenvalue weighted by atomic mass is 16.5. The molecule has 0 fully saturated rings. The quantitative estimate of drug-likeness (QED) is 0.548. The van der Waals surface area contributed by atoms with Crippen molar-refractivity contribution in [3.8, 4) is 11.5 Å². The van der Waals surface area contributed by atoms with Crippen molar-refractivity contribution in [2.24, 2.45) is 5.92 Å². The topological polar surface area (TPSA) is 102 Å². The van der Waals surface area contributed by atoms with Crippen LogP contribution in [-0.4, -0.2) is 29.4 Å². The first-order chi connectivity index (χ1) is 14.9. The Morgan fingerprint density at radius 2 is 1.84 bits per heavy atom. The van der Waals surface area contributed by atoms with Crippen LogP contribution in [0.4, 0.5) is 0 Å². The SMILES string of the molecule is COc1cc(CNC(=O)Cn2[nH]c(=O)c3ccccc3c2=O)ccc1OCCC(C)C. The first-order valence-corrected chi connectivity index (χ1v) is 10.2. The van der Waals surface area contributed by atoms with E-state index in [1.54, 1.807) is 37.4 Å². The Balaban J connectivity index is 1.64. The maximum atomic E-state index is 12.5. The van der Waals surface area contributed by atoms with Gasteiger partial charge in [-0.1, -0.05) is 32.0 Å². The van der Waals surface area contributed by atoms with Crippen molar-refractivity contribution in [1.29, 1.82) is 0 Å². The lowest BCUT2D eigenvalue weighted by atomic mass is 10.1. The van der Waals surface area contributed by atoms with Crippen molar-refractivity contribution >= 4 is 16.7 Å². The number of aromatic amines is 1. The zero-order chi connectivity index (χ0) is 22.4. The fraction of sp³-hybridized carbons (Fsp3) is 0.348. The zero-order valence-electron chi connectivity index (χ0n) is 17.9. The van der Waals surface area contributed by atoms with Gasteiger partial charge in [0.2, 0.25) is 5.91 Å². The van der Waals surface area contributed by atoms with Crippen molar-refractivity contribution in [1.82, 2.24) is 15.1 Å². The minimum Gasteiger partial charge on any atom is -0.493 e. The third-order valence-corrected chi connectivity index (χ3v) is 4.86. The first-order valence-electron chi connectivity index (χ1n) is 10.2. The molecule has 31 heavy (non-hydrogen) atoms. The maximum Gasteiger partial charge on any atom is 0.273 e. The molecule has 1 heterocycles. The third kappa shape index (κ3) is 5.53. The van der Waals surface area contributed by atoms with E-state index in [0.29, 0.717) is 29.4 Å². The minimum atomic E-state index is -0.421.